The van der Waals surface area contributed by atoms with Crippen molar-refractivity contribution in [3.05, 3.63) is 65.1 Å². The average molecular weight is 445 g/mol. The molecule has 0 aliphatic heterocycles. The molecule has 168 valence electrons. The second-order valence-electron chi connectivity index (χ2n) is 7.86. The number of halogens is 2. The van der Waals surface area contributed by atoms with Gasteiger partial charge in [-0.1, -0.05) is 29.4 Å². The summed E-state index contributed by atoms with van der Waals surface area (Å²) in [4.78, 5) is 27.3. The van der Waals surface area contributed by atoms with Crippen LogP contribution in [0.2, 0.25) is 0 Å². The van der Waals surface area contributed by atoms with Crippen LogP contribution in [0.5, 0.6) is 5.75 Å². The lowest BCUT2D eigenvalue weighted by Gasteiger charge is -2.19. The van der Waals surface area contributed by atoms with Crippen LogP contribution in [0.25, 0.3) is 11.4 Å². The van der Waals surface area contributed by atoms with E-state index in [0.29, 0.717) is 5.56 Å². The Balaban J connectivity index is 1.65. The van der Waals surface area contributed by atoms with Crippen LogP contribution in [0.1, 0.15) is 42.6 Å². The van der Waals surface area contributed by atoms with E-state index in [2.05, 4.69) is 10.1 Å². The van der Waals surface area contributed by atoms with Crippen molar-refractivity contribution in [1.29, 1.82) is 0 Å². The predicted octanol–water partition coefficient (Wildman–Crippen LogP) is 3.58. The molecule has 2 aromatic carbocycles. The molecule has 1 heterocycles. The van der Waals surface area contributed by atoms with Crippen LogP contribution in [0.3, 0.4) is 0 Å². The number of primary amides is 1. The van der Waals surface area contributed by atoms with Crippen molar-refractivity contribution < 1.29 is 32.4 Å². The van der Waals surface area contributed by atoms with E-state index in [-0.39, 0.29) is 36.5 Å². The van der Waals surface area contributed by atoms with Crippen molar-refractivity contribution in [3.8, 4) is 17.1 Å². The lowest BCUT2D eigenvalue weighted by Crippen LogP contribution is -2.24. The number of esters is 1. The van der Waals surface area contributed by atoms with E-state index in [0.717, 1.165) is 17.7 Å². The summed E-state index contributed by atoms with van der Waals surface area (Å²) in [5.41, 5.74) is 4.92. The van der Waals surface area contributed by atoms with Crippen molar-refractivity contribution >= 4 is 11.9 Å². The summed E-state index contributed by atoms with van der Waals surface area (Å²) in [5, 5.41) is 3.83. The molecule has 0 saturated carbocycles. The zero-order valence-electron chi connectivity index (χ0n) is 17.6. The van der Waals surface area contributed by atoms with Gasteiger partial charge in [0.1, 0.15) is 17.0 Å². The van der Waals surface area contributed by atoms with Gasteiger partial charge in [0.15, 0.2) is 18.2 Å². The van der Waals surface area contributed by atoms with Gasteiger partial charge in [0.2, 0.25) is 5.82 Å². The number of benzene rings is 2. The number of nitrogens with zero attached hydrogens (tertiary/aromatic N) is 2. The summed E-state index contributed by atoms with van der Waals surface area (Å²) in [6.07, 6.45) is 0.124. The largest absolute Gasteiger partial charge is 0.481 e. The smallest absolute Gasteiger partial charge is 0.310 e. The highest BCUT2D eigenvalue weighted by Crippen LogP contribution is 2.24. The number of hydrogen-bond donors (Lipinski definition) is 1. The van der Waals surface area contributed by atoms with E-state index >= 15 is 0 Å². The van der Waals surface area contributed by atoms with Gasteiger partial charge in [-0.2, -0.15) is 4.98 Å². The number of carbonyl (C=O) groups is 2. The van der Waals surface area contributed by atoms with Crippen LogP contribution in [-0.4, -0.2) is 27.6 Å². The van der Waals surface area contributed by atoms with Crippen LogP contribution >= 0.6 is 0 Å². The normalized spacial score (nSPS) is 11.3. The Kier molecular flexibility index (Phi) is 6.52. The lowest BCUT2D eigenvalue weighted by atomic mass is 10.1. The number of hydrogen-bond acceptors (Lipinski definition) is 7. The average Bonchev–Trinajstić information content (AvgIpc) is 3.15. The molecule has 3 rings (SSSR count). The van der Waals surface area contributed by atoms with Crippen LogP contribution in [0.4, 0.5) is 8.78 Å². The number of nitrogens with two attached hydrogens (primary N) is 1. The number of amides is 1. The summed E-state index contributed by atoms with van der Waals surface area (Å²) >= 11 is 0. The SMILES string of the molecule is CC(C)(C)OC(=O)Cc1ccc(-c2noc(COc3ccc(F)c(C(N)=O)c3F)n2)cc1. The Morgan fingerprint density at radius 2 is 1.78 bits per heavy atom. The first kappa shape index (κ1) is 22.9. The quantitative estimate of drug-likeness (QED) is 0.552. The van der Waals surface area contributed by atoms with E-state index in [1.54, 1.807) is 45.0 Å². The van der Waals surface area contributed by atoms with Crippen molar-refractivity contribution in [2.24, 2.45) is 5.73 Å². The second-order valence-corrected chi connectivity index (χ2v) is 7.86. The fourth-order valence-electron chi connectivity index (χ4n) is 2.76. The molecule has 8 nitrogen and oxygen atoms in total. The molecule has 10 heteroatoms. The third kappa shape index (κ3) is 5.65. The summed E-state index contributed by atoms with van der Waals surface area (Å²) in [5.74, 6) is -3.98. The lowest BCUT2D eigenvalue weighted by molar-refractivity contribution is -0.153. The summed E-state index contributed by atoms with van der Waals surface area (Å²) in [6.45, 7) is 5.08. The van der Waals surface area contributed by atoms with E-state index in [4.69, 9.17) is 19.7 Å². The maximum atomic E-state index is 14.2. The Labute approximate surface area is 182 Å². The monoisotopic (exact) mass is 445 g/mol. The molecule has 0 radical (unpaired) electrons. The van der Waals surface area contributed by atoms with Crippen molar-refractivity contribution in [2.75, 3.05) is 0 Å². The Hall–Kier alpha value is -3.82. The van der Waals surface area contributed by atoms with Crippen LogP contribution in [0, 0.1) is 11.6 Å². The van der Waals surface area contributed by atoms with E-state index in [9.17, 15) is 18.4 Å². The third-order valence-corrected chi connectivity index (χ3v) is 4.10. The molecule has 1 aromatic heterocycles. The van der Waals surface area contributed by atoms with E-state index in [1.807, 2.05) is 0 Å². The summed E-state index contributed by atoms with van der Waals surface area (Å²) in [6, 6.07) is 8.81. The van der Waals surface area contributed by atoms with Crippen LogP contribution in [-0.2, 0) is 22.6 Å². The van der Waals surface area contributed by atoms with Gasteiger partial charge in [0.25, 0.3) is 11.8 Å². The van der Waals surface area contributed by atoms with Crippen LogP contribution < -0.4 is 10.5 Å². The van der Waals surface area contributed by atoms with E-state index in [1.165, 1.54) is 0 Å². The molecule has 32 heavy (non-hydrogen) atoms. The maximum Gasteiger partial charge on any atom is 0.310 e. The molecule has 0 atom stereocenters. The highest BCUT2D eigenvalue weighted by molar-refractivity contribution is 5.93. The minimum absolute atomic E-state index is 0.0298. The molecular weight excluding hydrogens is 424 g/mol. The second kappa shape index (κ2) is 9.13. The van der Waals surface area contributed by atoms with Gasteiger partial charge in [-0.15, -0.1) is 0 Å². The maximum absolute atomic E-state index is 14.2. The van der Waals surface area contributed by atoms with Gasteiger partial charge in [-0.25, -0.2) is 8.78 Å². The first-order valence-corrected chi connectivity index (χ1v) is 9.58. The molecule has 0 saturated heterocycles. The zero-order valence-corrected chi connectivity index (χ0v) is 17.6. The molecular formula is C22H21F2N3O5. The van der Waals surface area contributed by atoms with E-state index < -0.39 is 28.7 Å². The van der Waals surface area contributed by atoms with Crippen molar-refractivity contribution in [3.63, 3.8) is 0 Å². The Morgan fingerprint density at radius 1 is 1.09 bits per heavy atom. The van der Waals surface area contributed by atoms with Crippen molar-refractivity contribution in [2.45, 2.75) is 39.4 Å². The van der Waals surface area contributed by atoms with Crippen LogP contribution in [0.15, 0.2) is 40.9 Å². The van der Waals surface area contributed by atoms with Gasteiger partial charge >= 0.3 is 5.97 Å². The Morgan fingerprint density at radius 3 is 2.41 bits per heavy atom. The van der Waals surface area contributed by atoms with Gasteiger partial charge in [0.05, 0.1) is 6.42 Å². The molecule has 2 N–H and O–H groups in total. The molecule has 3 aromatic rings. The fourth-order valence-corrected chi connectivity index (χ4v) is 2.76. The minimum Gasteiger partial charge on any atom is -0.481 e. The summed E-state index contributed by atoms with van der Waals surface area (Å²) < 4.78 is 43.4. The molecule has 0 fully saturated rings. The molecule has 0 unspecified atom stereocenters. The molecule has 1 amide bonds. The first-order valence-electron chi connectivity index (χ1n) is 9.58. The summed E-state index contributed by atoms with van der Waals surface area (Å²) in [7, 11) is 0. The number of aromatic nitrogens is 2. The minimum atomic E-state index is -1.25. The van der Waals surface area contributed by atoms with Gasteiger partial charge in [-0.3, -0.25) is 9.59 Å². The number of rotatable bonds is 7. The van der Waals surface area contributed by atoms with Crippen molar-refractivity contribution in [1.82, 2.24) is 10.1 Å². The molecule has 0 spiro atoms. The number of ether oxygens (including phenoxy) is 2. The highest BCUT2D eigenvalue weighted by atomic mass is 19.1. The van der Waals surface area contributed by atoms with Gasteiger partial charge < -0.3 is 19.7 Å². The fraction of sp³-hybridized carbons (Fsp3) is 0.273. The molecule has 0 bridgehead atoms. The Bertz CT molecular complexity index is 1140. The third-order valence-electron chi connectivity index (χ3n) is 4.10. The topological polar surface area (TPSA) is 118 Å². The zero-order chi connectivity index (χ0) is 23.5. The highest BCUT2D eigenvalue weighted by Gasteiger charge is 2.20. The standard InChI is InChI=1S/C22H21F2N3O5/c1-22(2,3)31-17(28)10-12-4-6-13(7-5-12)21-26-16(32-27-21)11-30-15-9-8-14(23)18(19(15)24)20(25)29/h4-9H,10-11H2,1-3H3,(H2,25,29). The molecule has 0 aliphatic rings. The predicted molar refractivity (Wildman–Crippen MR) is 108 cm³/mol. The van der Waals surface area contributed by atoms with Gasteiger partial charge in [-0.05, 0) is 38.5 Å². The number of carbonyl (C=O) groups excluding carboxylic acids is 2. The first-order chi connectivity index (χ1) is 15.0. The molecule has 0 aliphatic carbocycles. The van der Waals surface area contributed by atoms with Gasteiger partial charge in [0, 0.05) is 5.56 Å².